The van der Waals surface area contributed by atoms with E-state index in [2.05, 4.69) is 0 Å². The molecule has 3 aliphatic heterocycles. The Labute approximate surface area is 184 Å². The number of ether oxygens (including phenoxy) is 8. The maximum Gasteiger partial charge on any atom is 0.161 e. The van der Waals surface area contributed by atoms with Crippen molar-refractivity contribution >= 4 is 0 Å². The van der Waals surface area contributed by atoms with Crippen LogP contribution in [0.1, 0.15) is 40.0 Å². The average molecular weight is 451 g/mol. The molecule has 0 radical (unpaired) electrons. The summed E-state index contributed by atoms with van der Waals surface area (Å²) in [5.41, 5.74) is 0. The van der Waals surface area contributed by atoms with Gasteiger partial charge in [-0.15, -0.1) is 0 Å². The van der Waals surface area contributed by atoms with Crippen LogP contribution in [-0.2, 0) is 37.9 Å². The van der Waals surface area contributed by atoms with Crippen molar-refractivity contribution in [3.8, 4) is 0 Å². The topological polar surface area (TPSA) is 114 Å². The van der Waals surface area contributed by atoms with Crippen molar-refractivity contribution in [1.82, 2.24) is 0 Å². The third-order valence-corrected chi connectivity index (χ3v) is 6.43. The summed E-state index contributed by atoms with van der Waals surface area (Å²) in [6, 6.07) is 0. The van der Waals surface area contributed by atoms with Gasteiger partial charge in [-0.1, -0.05) is 0 Å². The molecule has 12 atom stereocenters. The zero-order valence-corrected chi connectivity index (χ0v) is 19.2. The van der Waals surface area contributed by atoms with Crippen molar-refractivity contribution in [2.75, 3.05) is 21.3 Å². The number of methoxy groups -OCH3 is 3. The van der Waals surface area contributed by atoms with Crippen LogP contribution >= 0.6 is 0 Å². The van der Waals surface area contributed by atoms with Crippen molar-refractivity contribution in [3.05, 3.63) is 0 Å². The monoisotopic (exact) mass is 450 g/mol. The SMILES string of the molecule is CO[C@H]1C[C@@H](O[C@H]2[C@@H](C)O[C@@H](O[C@@H]3[C@@H](C)O[C@H](O)C[C@H]3OC)C[C@H]2OC)O[C@H](C)[C@H]1O. The summed E-state index contributed by atoms with van der Waals surface area (Å²) in [6.07, 6.45) is -4.26. The lowest BCUT2D eigenvalue weighted by Crippen LogP contribution is -2.56. The summed E-state index contributed by atoms with van der Waals surface area (Å²) in [5, 5.41) is 20.0. The van der Waals surface area contributed by atoms with E-state index in [9.17, 15) is 10.2 Å². The number of aliphatic hydroxyl groups excluding tert-OH is 2. The van der Waals surface area contributed by atoms with Crippen LogP contribution in [0.5, 0.6) is 0 Å². The molecule has 0 amide bonds. The molecule has 3 heterocycles. The van der Waals surface area contributed by atoms with Crippen molar-refractivity contribution in [2.45, 2.75) is 114 Å². The van der Waals surface area contributed by atoms with Gasteiger partial charge in [0.2, 0.25) is 0 Å². The van der Waals surface area contributed by atoms with Gasteiger partial charge in [-0.3, -0.25) is 0 Å². The maximum atomic E-state index is 10.2. The molecule has 2 N–H and O–H groups in total. The fourth-order valence-electron chi connectivity index (χ4n) is 4.64. The summed E-state index contributed by atoms with van der Waals surface area (Å²) in [5.74, 6) is 0. The molecule has 182 valence electrons. The fourth-order valence-corrected chi connectivity index (χ4v) is 4.64. The lowest BCUT2D eigenvalue weighted by atomic mass is 9.99. The van der Waals surface area contributed by atoms with Gasteiger partial charge >= 0.3 is 0 Å². The van der Waals surface area contributed by atoms with E-state index in [4.69, 9.17) is 37.9 Å². The van der Waals surface area contributed by atoms with E-state index in [1.807, 2.05) is 13.8 Å². The second-order valence-corrected chi connectivity index (χ2v) is 8.56. The minimum atomic E-state index is -0.872. The van der Waals surface area contributed by atoms with E-state index < -0.39 is 31.1 Å². The second-order valence-electron chi connectivity index (χ2n) is 8.56. The molecule has 10 nitrogen and oxygen atoms in total. The molecule has 0 spiro atoms. The number of rotatable bonds is 7. The van der Waals surface area contributed by atoms with Crippen LogP contribution in [0.25, 0.3) is 0 Å². The Morgan fingerprint density at radius 1 is 0.613 bits per heavy atom. The molecular weight excluding hydrogens is 412 g/mol. The normalized spacial score (nSPS) is 49.2. The number of hydrogen-bond donors (Lipinski definition) is 2. The highest BCUT2D eigenvalue weighted by Gasteiger charge is 2.45. The van der Waals surface area contributed by atoms with Crippen LogP contribution in [0.2, 0.25) is 0 Å². The van der Waals surface area contributed by atoms with E-state index in [0.29, 0.717) is 19.3 Å². The van der Waals surface area contributed by atoms with Crippen molar-refractivity contribution < 1.29 is 48.1 Å². The van der Waals surface area contributed by atoms with Crippen LogP contribution in [0.15, 0.2) is 0 Å². The molecule has 0 unspecified atom stereocenters. The third-order valence-electron chi connectivity index (χ3n) is 6.43. The van der Waals surface area contributed by atoms with Gasteiger partial charge in [-0.05, 0) is 20.8 Å². The zero-order chi connectivity index (χ0) is 22.7. The molecule has 31 heavy (non-hydrogen) atoms. The van der Waals surface area contributed by atoms with E-state index in [1.165, 1.54) is 0 Å². The molecule has 0 aromatic carbocycles. The molecular formula is C21H38O10. The largest absolute Gasteiger partial charge is 0.388 e. The van der Waals surface area contributed by atoms with Crippen molar-refractivity contribution in [1.29, 1.82) is 0 Å². The van der Waals surface area contributed by atoms with Gasteiger partial charge in [0.25, 0.3) is 0 Å². The standard InChI is InChI=1S/C21H38O10/c1-10-19(23)13(24-4)8-17(28-10)30-21-12(3)29-18(9-15(21)26-6)31-20-11(2)27-16(22)7-14(20)25-5/h10-23H,7-9H2,1-6H3/t10-,11-,12-,13+,14-,15-,16+,17-,18+,19-,20-,21+/m1/s1. The highest BCUT2D eigenvalue weighted by Crippen LogP contribution is 2.33. The first-order valence-corrected chi connectivity index (χ1v) is 11.0. The highest BCUT2D eigenvalue weighted by atomic mass is 16.7. The van der Waals surface area contributed by atoms with E-state index >= 15 is 0 Å². The van der Waals surface area contributed by atoms with Crippen LogP contribution in [-0.4, -0.2) is 105 Å². The number of aliphatic hydroxyl groups is 2. The Kier molecular flexibility index (Phi) is 9.07. The molecule has 3 fully saturated rings. The Bertz CT molecular complexity index is 550. The van der Waals surface area contributed by atoms with E-state index in [0.717, 1.165) is 0 Å². The molecule has 0 bridgehead atoms. The lowest BCUT2D eigenvalue weighted by molar-refractivity contribution is -0.334. The van der Waals surface area contributed by atoms with Crippen molar-refractivity contribution in [3.63, 3.8) is 0 Å². The Balaban J connectivity index is 1.60. The van der Waals surface area contributed by atoms with Gasteiger partial charge in [-0.25, -0.2) is 0 Å². The van der Waals surface area contributed by atoms with Gasteiger partial charge in [0.05, 0.1) is 36.6 Å². The molecule has 3 saturated heterocycles. The average Bonchev–Trinajstić information content (AvgIpc) is 2.73. The maximum absolute atomic E-state index is 10.2. The molecule has 10 heteroatoms. The fraction of sp³-hybridized carbons (Fsp3) is 1.00. The minimum absolute atomic E-state index is 0.285. The zero-order valence-electron chi connectivity index (χ0n) is 19.2. The quantitative estimate of drug-likeness (QED) is 0.570. The molecule has 0 aromatic rings. The summed E-state index contributed by atoms with van der Waals surface area (Å²) in [7, 11) is 4.79. The molecule has 0 aromatic heterocycles. The Morgan fingerprint density at radius 2 is 1.06 bits per heavy atom. The van der Waals surface area contributed by atoms with Crippen LogP contribution < -0.4 is 0 Å². The summed E-state index contributed by atoms with van der Waals surface area (Å²) in [4.78, 5) is 0. The summed E-state index contributed by atoms with van der Waals surface area (Å²) in [6.45, 7) is 5.54. The van der Waals surface area contributed by atoms with Gasteiger partial charge in [0, 0.05) is 40.6 Å². The number of hydrogen-bond acceptors (Lipinski definition) is 10. The second kappa shape index (κ2) is 11.1. The van der Waals surface area contributed by atoms with Gasteiger partial charge in [0.15, 0.2) is 18.9 Å². The molecule has 3 rings (SSSR count). The minimum Gasteiger partial charge on any atom is -0.388 e. The van der Waals surface area contributed by atoms with Crippen LogP contribution in [0, 0.1) is 0 Å². The molecule has 0 aliphatic carbocycles. The Hall–Kier alpha value is -0.400. The van der Waals surface area contributed by atoms with Crippen molar-refractivity contribution in [2.24, 2.45) is 0 Å². The van der Waals surface area contributed by atoms with Gasteiger partial charge in [-0.2, -0.15) is 0 Å². The predicted octanol–water partition coefficient (Wildman–Crippen LogP) is 0.560. The lowest BCUT2D eigenvalue weighted by Gasteiger charge is -2.45. The third kappa shape index (κ3) is 5.94. The molecule has 3 aliphatic rings. The Morgan fingerprint density at radius 3 is 1.61 bits per heavy atom. The van der Waals surface area contributed by atoms with Crippen LogP contribution in [0.3, 0.4) is 0 Å². The van der Waals surface area contributed by atoms with Gasteiger partial charge < -0.3 is 48.1 Å². The highest BCUT2D eigenvalue weighted by molar-refractivity contribution is 4.88. The van der Waals surface area contributed by atoms with Gasteiger partial charge in [0.1, 0.15) is 18.3 Å². The first-order valence-electron chi connectivity index (χ1n) is 11.0. The summed E-state index contributed by atoms with van der Waals surface area (Å²) >= 11 is 0. The van der Waals surface area contributed by atoms with E-state index in [1.54, 1.807) is 28.3 Å². The van der Waals surface area contributed by atoms with E-state index in [-0.39, 0.29) is 42.7 Å². The first kappa shape index (κ1) is 25.2. The first-order chi connectivity index (χ1) is 14.8. The summed E-state index contributed by atoms with van der Waals surface area (Å²) < 4.78 is 46.4. The molecule has 0 saturated carbocycles. The predicted molar refractivity (Wildman–Crippen MR) is 107 cm³/mol. The smallest absolute Gasteiger partial charge is 0.161 e. The van der Waals surface area contributed by atoms with Crippen LogP contribution in [0.4, 0.5) is 0 Å².